The van der Waals surface area contributed by atoms with Gasteiger partial charge in [0.1, 0.15) is 0 Å². The number of anilines is 1. The van der Waals surface area contributed by atoms with Gasteiger partial charge in [0.25, 0.3) is 10.0 Å². The van der Waals surface area contributed by atoms with Crippen molar-refractivity contribution in [3.8, 4) is 11.1 Å². The summed E-state index contributed by atoms with van der Waals surface area (Å²) in [6.45, 7) is 2.41. The second-order valence-electron chi connectivity index (χ2n) is 7.72. The van der Waals surface area contributed by atoms with Crippen LogP contribution in [0.3, 0.4) is 0 Å². The third kappa shape index (κ3) is 4.24. The number of aryl methyl sites for hydroxylation is 1. The third-order valence-corrected chi connectivity index (χ3v) is 7.16. The average molecular weight is 422 g/mol. The molecule has 1 aliphatic carbocycles. The molecule has 30 heavy (non-hydrogen) atoms. The second kappa shape index (κ2) is 7.95. The van der Waals surface area contributed by atoms with Crippen molar-refractivity contribution in [3.63, 3.8) is 0 Å². The molecule has 154 valence electrons. The fourth-order valence-electron chi connectivity index (χ4n) is 3.34. The molecule has 0 saturated heterocycles. The van der Waals surface area contributed by atoms with Gasteiger partial charge in [0.2, 0.25) is 0 Å². The lowest BCUT2D eigenvalue weighted by Crippen LogP contribution is -2.33. The molecule has 0 bridgehead atoms. The maximum absolute atomic E-state index is 13.3. The molecule has 0 unspecified atom stereocenters. The molecular formula is C24H23NO4S. The average Bonchev–Trinajstić information content (AvgIpc) is 3.57. The van der Waals surface area contributed by atoms with Crippen molar-refractivity contribution in [1.29, 1.82) is 0 Å². The van der Waals surface area contributed by atoms with E-state index < -0.39 is 16.0 Å². The Labute approximate surface area is 176 Å². The number of carbonyl (C=O) groups is 1. The molecule has 1 saturated carbocycles. The Hall–Kier alpha value is -3.12. The highest BCUT2D eigenvalue weighted by Crippen LogP contribution is 2.35. The van der Waals surface area contributed by atoms with Crippen molar-refractivity contribution in [2.24, 2.45) is 5.92 Å². The first kappa shape index (κ1) is 20.2. The molecule has 6 heteroatoms. The van der Waals surface area contributed by atoms with E-state index in [1.165, 1.54) is 4.31 Å². The topological polar surface area (TPSA) is 74.7 Å². The summed E-state index contributed by atoms with van der Waals surface area (Å²) < 4.78 is 28.2. The monoisotopic (exact) mass is 421 g/mol. The molecule has 1 fully saturated rings. The Kier molecular flexibility index (Phi) is 5.35. The van der Waals surface area contributed by atoms with Gasteiger partial charge in [0.15, 0.2) is 0 Å². The first-order valence-electron chi connectivity index (χ1n) is 9.88. The molecule has 0 radical (unpaired) electrons. The largest absolute Gasteiger partial charge is 0.478 e. The van der Waals surface area contributed by atoms with Crippen LogP contribution in [0.25, 0.3) is 11.1 Å². The van der Waals surface area contributed by atoms with Crippen molar-refractivity contribution in [2.45, 2.75) is 24.7 Å². The molecule has 3 aromatic rings. The summed E-state index contributed by atoms with van der Waals surface area (Å²) >= 11 is 0. The quantitative estimate of drug-likeness (QED) is 0.585. The first-order valence-corrected chi connectivity index (χ1v) is 11.3. The normalized spacial score (nSPS) is 13.8. The molecule has 0 atom stereocenters. The molecule has 0 spiro atoms. The van der Waals surface area contributed by atoms with E-state index in [1.54, 1.807) is 36.4 Å². The van der Waals surface area contributed by atoms with E-state index in [-0.39, 0.29) is 5.56 Å². The lowest BCUT2D eigenvalue weighted by molar-refractivity contribution is 0.0697. The van der Waals surface area contributed by atoms with Crippen LogP contribution in [0.5, 0.6) is 0 Å². The summed E-state index contributed by atoms with van der Waals surface area (Å²) in [7, 11) is -3.65. The van der Waals surface area contributed by atoms with E-state index in [0.717, 1.165) is 29.5 Å². The van der Waals surface area contributed by atoms with Gasteiger partial charge in [-0.1, -0.05) is 42.0 Å². The van der Waals surface area contributed by atoms with Crippen LogP contribution in [-0.2, 0) is 10.0 Å². The summed E-state index contributed by atoms with van der Waals surface area (Å²) in [5.74, 6) is -0.567. The predicted molar refractivity (Wildman–Crippen MR) is 117 cm³/mol. The molecule has 0 aromatic heterocycles. The minimum Gasteiger partial charge on any atom is -0.478 e. The van der Waals surface area contributed by atoms with Crippen LogP contribution in [0, 0.1) is 12.8 Å². The maximum atomic E-state index is 13.3. The maximum Gasteiger partial charge on any atom is 0.335 e. The van der Waals surface area contributed by atoms with E-state index in [1.807, 2.05) is 43.3 Å². The number of benzene rings is 3. The summed E-state index contributed by atoms with van der Waals surface area (Å²) in [5, 5.41) is 9.04. The SMILES string of the molecule is Cc1ccc(S(=O)(=O)N(CC2CC2)c2ccc(-c3ccc(C(=O)O)cc3)cc2)cc1. The minimum atomic E-state index is -3.65. The third-order valence-electron chi connectivity index (χ3n) is 5.35. The lowest BCUT2D eigenvalue weighted by atomic mass is 10.0. The van der Waals surface area contributed by atoms with E-state index >= 15 is 0 Å². The number of carboxylic acids is 1. The zero-order valence-corrected chi connectivity index (χ0v) is 17.5. The molecule has 0 amide bonds. The van der Waals surface area contributed by atoms with Crippen molar-refractivity contribution in [2.75, 3.05) is 10.8 Å². The van der Waals surface area contributed by atoms with E-state index in [4.69, 9.17) is 5.11 Å². The fourth-order valence-corrected chi connectivity index (χ4v) is 4.88. The number of carboxylic acid groups (broad SMARTS) is 1. The second-order valence-corrected chi connectivity index (χ2v) is 9.58. The Morgan fingerprint density at radius 1 is 0.900 bits per heavy atom. The summed E-state index contributed by atoms with van der Waals surface area (Å²) in [6, 6.07) is 20.9. The number of hydrogen-bond acceptors (Lipinski definition) is 3. The molecule has 0 aliphatic heterocycles. The molecule has 5 nitrogen and oxygen atoms in total. The zero-order valence-electron chi connectivity index (χ0n) is 16.7. The zero-order chi connectivity index (χ0) is 21.3. The number of sulfonamides is 1. The van der Waals surface area contributed by atoms with Crippen LogP contribution < -0.4 is 4.31 Å². The molecule has 1 N–H and O–H groups in total. The van der Waals surface area contributed by atoms with Gasteiger partial charge >= 0.3 is 5.97 Å². The van der Waals surface area contributed by atoms with Gasteiger partial charge < -0.3 is 5.11 Å². The van der Waals surface area contributed by atoms with Crippen LogP contribution in [-0.4, -0.2) is 26.0 Å². The molecule has 4 rings (SSSR count). The van der Waals surface area contributed by atoms with Crippen LogP contribution in [0.4, 0.5) is 5.69 Å². The number of nitrogens with zero attached hydrogens (tertiary/aromatic N) is 1. The van der Waals surface area contributed by atoms with Crippen molar-refractivity contribution in [1.82, 2.24) is 0 Å². The molecular weight excluding hydrogens is 398 g/mol. The fraction of sp³-hybridized carbons (Fsp3) is 0.208. The van der Waals surface area contributed by atoms with Crippen LogP contribution in [0.2, 0.25) is 0 Å². The van der Waals surface area contributed by atoms with Crippen LogP contribution >= 0.6 is 0 Å². The van der Waals surface area contributed by atoms with E-state index in [0.29, 0.717) is 23.0 Å². The molecule has 0 heterocycles. The van der Waals surface area contributed by atoms with Crippen molar-refractivity contribution >= 4 is 21.7 Å². The van der Waals surface area contributed by atoms with Crippen molar-refractivity contribution in [3.05, 3.63) is 83.9 Å². The predicted octanol–water partition coefficient (Wildman–Crippen LogP) is 4.97. The lowest BCUT2D eigenvalue weighted by Gasteiger charge is -2.25. The Morgan fingerprint density at radius 2 is 1.43 bits per heavy atom. The van der Waals surface area contributed by atoms with Gasteiger partial charge in [-0.15, -0.1) is 0 Å². The van der Waals surface area contributed by atoms with Gasteiger partial charge in [-0.3, -0.25) is 4.31 Å². The Balaban J connectivity index is 1.64. The molecule has 3 aromatic carbocycles. The molecule has 1 aliphatic rings. The van der Waals surface area contributed by atoms with E-state index in [9.17, 15) is 13.2 Å². The highest BCUT2D eigenvalue weighted by atomic mass is 32.2. The number of hydrogen-bond donors (Lipinski definition) is 1. The highest BCUT2D eigenvalue weighted by molar-refractivity contribution is 7.92. The number of aromatic carboxylic acids is 1. The smallest absolute Gasteiger partial charge is 0.335 e. The van der Waals surface area contributed by atoms with Crippen LogP contribution in [0.1, 0.15) is 28.8 Å². The minimum absolute atomic E-state index is 0.232. The van der Waals surface area contributed by atoms with Gasteiger partial charge in [0, 0.05) is 6.54 Å². The van der Waals surface area contributed by atoms with Crippen molar-refractivity contribution < 1.29 is 18.3 Å². The Morgan fingerprint density at radius 3 is 1.93 bits per heavy atom. The standard InChI is InChI=1S/C24H23NO4S/c1-17-2-14-23(15-3-17)30(28,29)25(16-18-4-5-18)22-12-10-20(11-13-22)19-6-8-21(9-7-19)24(26)27/h2-3,6-15,18H,4-5,16H2,1H3,(H,26,27). The van der Waals surface area contributed by atoms with Gasteiger partial charge in [0.05, 0.1) is 16.1 Å². The van der Waals surface area contributed by atoms with E-state index in [2.05, 4.69) is 0 Å². The van der Waals surface area contributed by atoms with Gasteiger partial charge in [-0.2, -0.15) is 0 Å². The van der Waals surface area contributed by atoms with Gasteiger partial charge in [-0.05, 0) is 73.2 Å². The summed E-state index contributed by atoms with van der Waals surface area (Å²) in [6.07, 6.45) is 2.10. The number of rotatable bonds is 7. The summed E-state index contributed by atoms with van der Waals surface area (Å²) in [4.78, 5) is 11.3. The summed E-state index contributed by atoms with van der Waals surface area (Å²) in [5.41, 5.74) is 3.65. The van der Waals surface area contributed by atoms with Gasteiger partial charge in [-0.25, -0.2) is 13.2 Å². The Bertz CT molecular complexity index is 1150. The first-order chi connectivity index (χ1) is 14.3. The highest BCUT2D eigenvalue weighted by Gasteiger charge is 2.32. The van der Waals surface area contributed by atoms with Crippen LogP contribution in [0.15, 0.2) is 77.7 Å².